The monoisotopic (exact) mass is 546 g/mol. The van der Waals surface area contributed by atoms with Crippen molar-refractivity contribution in [2.45, 2.75) is 91.0 Å². The second-order valence-corrected chi connectivity index (χ2v) is 11.9. The van der Waals surface area contributed by atoms with Crippen LogP contribution in [0.2, 0.25) is 0 Å². The van der Waals surface area contributed by atoms with Gasteiger partial charge in [0.1, 0.15) is 5.75 Å². The van der Waals surface area contributed by atoms with Gasteiger partial charge in [-0.3, -0.25) is 4.79 Å². The minimum Gasteiger partial charge on any atom is -0.490 e. The molecular formula is C30H50N4O5. The summed E-state index contributed by atoms with van der Waals surface area (Å²) in [6.07, 6.45) is 5.23. The first-order valence-corrected chi connectivity index (χ1v) is 14.7. The van der Waals surface area contributed by atoms with E-state index in [9.17, 15) is 14.7 Å². The number of aliphatic hydroxyl groups is 1. The number of aliphatic hydroxyl groups excluding tert-OH is 1. The summed E-state index contributed by atoms with van der Waals surface area (Å²) in [5.74, 6) is 1.09. The number of hydrogen-bond donors (Lipinski definition) is 3. The summed E-state index contributed by atoms with van der Waals surface area (Å²) in [6, 6.07) is 4.43. The van der Waals surface area contributed by atoms with E-state index in [1.54, 1.807) is 23.1 Å². The lowest BCUT2D eigenvalue weighted by atomic mass is 10.0. The molecule has 0 spiro atoms. The van der Waals surface area contributed by atoms with Gasteiger partial charge in [0.25, 0.3) is 5.91 Å². The molecule has 0 saturated heterocycles. The summed E-state index contributed by atoms with van der Waals surface area (Å²) in [5, 5.41) is 15.7. The van der Waals surface area contributed by atoms with E-state index in [1.165, 1.54) is 12.8 Å². The molecule has 1 saturated carbocycles. The number of carbonyl (C=O) groups excluding carboxylic acids is 2. The Morgan fingerprint density at radius 1 is 1.15 bits per heavy atom. The molecule has 1 aromatic rings. The van der Waals surface area contributed by atoms with Gasteiger partial charge in [-0.1, -0.05) is 6.92 Å². The molecule has 3 amide bonds. The molecule has 0 radical (unpaired) electrons. The number of ether oxygens (including phenoxy) is 2. The molecule has 1 heterocycles. The van der Waals surface area contributed by atoms with E-state index in [1.807, 2.05) is 27.7 Å². The predicted molar refractivity (Wildman–Crippen MR) is 154 cm³/mol. The highest BCUT2D eigenvalue weighted by atomic mass is 16.5. The fraction of sp³-hybridized carbons (Fsp3) is 0.733. The van der Waals surface area contributed by atoms with Crippen molar-refractivity contribution in [2.24, 2.45) is 11.8 Å². The number of nitrogens with one attached hydrogen (secondary N) is 2. The van der Waals surface area contributed by atoms with Crippen LogP contribution in [0, 0.1) is 11.8 Å². The molecule has 0 bridgehead atoms. The lowest BCUT2D eigenvalue weighted by Crippen LogP contribution is -2.47. The second kappa shape index (κ2) is 14.9. The van der Waals surface area contributed by atoms with Crippen LogP contribution in [0.15, 0.2) is 18.2 Å². The van der Waals surface area contributed by atoms with Crippen molar-refractivity contribution in [3.63, 3.8) is 0 Å². The van der Waals surface area contributed by atoms with Gasteiger partial charge in [-0.05, 0) is 91.0 Å². The number of benzene rings is 1. The van der Waals surface area contributed by atoms with Crippen LogP contribution in [0.1, 0.15) is 77.1 Å². The van der Waals surface area contributed by atoms with Crippen molar-refractivity contribution in [2.75, 3.05) is 45.2 Å². The van der Waals surface area contributed by atoms with E-state index < -0.39 is 6.04 Å². The highest BCUT2D eigenvalue weighted by Crippen LogP contribution is 2.30. The third kappa shape index (κ3) is 9.96. The Hall–Kier alpha value is -2.36. The summed E-state index contributed by atoms with van der Waals surface area (Å²) in [4.78, 5) is 30.5. The lowest BCUT2D eigenvalue weighted by Gasteiger charge is -2.36. The summed E-state index contributed by atoms with van der Waals surface area (Å²) < 4.78 is 12.7. The Labute approximate surface area is 234 Å². The smallest absolute Gasteiger partial charge is 0.319 e. The zero-order valence-electron chi connectivity index (χ0n) is 24.7. The SMILES string of the molecule is CC(C)NC(=O)Nc1ccc2c(c1)C(=O)N([C@H](C)CO)C[C@@H](C)[C@H](CN(C)CC1CC1)OCCCC[C@H](C)O2. The first-order chi connectivity index (χ1) is 18.6. The molecule has 39 heavy (non-hydrogen) atoms. The Balaban J connectivity index is 1.91. The molecule has 1 aliphatic carbocycles. The van der Waals surface area contributed by atoms with Crippen LogP contribution in [0.4, 0.5) is 10.5 Å². The Morgan fingerprint density at radius 3 is 2.56 bits per heavy atom. The van der Waals surface area contributed by atoms with E-state index in [4.69, 9.17) is 9.47 Å². The van der Waals surface area contributed by atoms with E-state index >= 15 is 0 Å². The van der Waals surface area contributed by atoms with E-state index in [0.717, 1.165) is 38.3 Å². The van der Waals surface area contributed by atoms with E-state index in [2.05, 4.69) is 29.5 Å². The molecule has 1 aromatic carbocycles. The maximum atomic E-state index is 14.1. The number of anilines is 1. The molecule has 3 N–H and O–H groups in total. The van der Waals surface area contributed by atoms with Crippen molar-refractivity contribution >= 4 is 17.6 Å². The van der Waals surface area contributed by atoms with Gasteiger partial charge in [0.05, 0.1) is 30.4 Å². The maximum absolute atomic E-state index is 14.1. The van der Waals surface area contributed by atoms with E-state index in [-0.39, 0.29) is 42.7 Å². The first-order valence-electron chi connectivity index (χ1n) is 14.7. The third-order valence-electron chi connectivity index (χ3n) is 7.49. The van der Waals surface area contributed by atoms with Crippen molar-refractivity contribution in [1.82, 2.24) is 15.1 Å². The molecule has 9 nitrogen and oxygen atoms in total. The second-order valence-electron chi connectivity index (χ2n) is 11.9. The van der Waals surface area contributed by atoms with Gasteiger partial charge in [-0.15, -0.1) is 0 Å². The average Bonchev–Trinajstić information content (AvgIpc) is 3.69. The van der Waals surface area contributed by atoms with Crippen LogP contribution in [0.25, 0.3) is 0 Å². The standard InChI is InChI=1S/C30H50N4O5/c1-20(2)31-30(37)32-25-12-13-27-26(15-25)29(36)34(22(4)19-35)16-21(3)28(18-33(6)17-24-10-11-24)38-14-8-7-9-23(5)39-27/h12-13,15,20-24,28,35H,7-11,14,16-19H2,1-6H3,(H2,31,32,37)/t21-,22-,23+,28+/m1/s1. The number of urea groups is 1. The fourth-order valence-corrected chi connectivity index (χ4v) is 5.02. The normalized spacial score (nSPS) is 24.1. The summed E-state index contributed by atoms with van der Waals surface area (Å²) >= 11 is 0. The number of likely N-dealkylation sites (N-methyl/N-ethyl adjacent to an activating group) is 1. The van der Waals surface area contributed by atoms with Crippen molar-refractivity contribution < 1.29 is 24.2 Å². The van der Waals surface area contributed by atoms with Crippen molar-refractivity contribution in [3.8, 4) is 5.75 Å². The molecule has 9 heteroatoms. The number of hydrogen-bond acceptors (Lipinski definition) is 6. The summed E-state index contributed by atoms with van der Waals surface area (Å²) in [5.41, 5.74) is 0.877. The van der Waals surface area contributed by atoms with Gasteiger partial charge in [0, 0.05) is 43.9 Å². The number of rotatable bonds is 8. The van der Waals surface area contributed by atoms with Crippen LogP contribution in [-0.2, 0) is 4.74 Å². The van der Waals surface area contributed by atoms with Crippen molar-refractivity contribution in [1.29, 1.82) is 0 Å². The van der Waals surface area contributed by atoms with Gasteiger partial charge in [0.2, 0.25) is 0 Å². The topological polar surface area (TPSA) is 103 Å². The molecule has 1 aliphatic heterocycles. The van der Waals surface area contributed by atoms with Crippen LogP contribution < -0.4 is 15.4 Å². The molecule has 2 aliphatic rings. The van der Waals surface area contributed by atoms with Gasteiger partial charge in [0.15, 0.2) is 0 Å². The van der Waals surface area contributed by atoms with E-state index in [0.29, 0.717) is 30.2 Å². The van der Waals surface area contributed by atoms with Crippen molar-refractivity contribution in [3.05, 3.63) is 23.8 Å². The lowest BCUT2D eigenvalue weighted by molar-refractivity contribution is -0.0172. The fourth-order valence-electron chi connectivity index (χ4n) is 5.02. The number of carbonyl (C=O) groups is 2. The zero-order chi connectivity index (χ0) is 28.5. The van der Waals surface area contributed by atoms with Crippen LogP contribution in [0.3, 0.4) is 0 Å². The highest BCUT2D eigenvalue weighted by Gasteiger charge is 2.31. The minimum absolute atomic E-state index is 0.0195. The number of amides is 3. The Kier molecular flexibility index (Phi) is 11.9. The highest BCUT2D eigenvalue weighted by molar-refractivity contribution is 5.99. The molecule has 4 atom stereocenters. The molecule has 220 valence electrons. The van der Waals surface area contributed by atoms with Gasteiger partial charge >= 0.3 is 6.03 Å². The number of fused-ring (bicyclic) bond motifs is 1. The Morgan fingerprint density at radius 2 is 1.90 bits per heavy atom. The molecule has 0 unspecified atom stereocenters. The Bertz CT molecular complexity index is 938. The predicted octanol–water partition coefficient (Wildman–Crippen LogP) is 4.35. The van der Waals surface area contributed by atoms with Gasteiger partial charge < -0.3 is 35.0 Å². The van der Waals surface area contributed by atoms with Gasteiger partial charge in [-0.25, -0.2) is 4.79 Å². The first kappa shape index (κ1) is 31.2. The van der Waals surface area contributed by atoms with Crippen LogP contribution in [0.5, 0.6) is 5.75 Å². The van der Waals surface area contributed by atoms with Gasteiger partial charge in [-0.2, -0.15) is 0 Å². The quantitative estimate of drug-likeness (QED) is 0.448. The van der Waals surface area contributed by atoms with Crippen LogP contribution in [-0.4, -0.2) is 91.0 Å². The third-order valence-corrected chi connectivity index (χ3v) is 7.49. The molecule has 1 fully saturated rings. The zero-order valence-corrected chi connectivity index (χ0v) is 24.7. The number of nitrogens with zero attached hydrogens (tertiary/aromatic N) is 2. The average molecular weight is 547 g/mol. The molecular weight excluding hydrogens is 496 g/mol. The van der Waals surface area contributed by atoms with Crippen LogP contribution >= 0.6 is 0 Å². The molecule has 0 aromatic heterocycles. The summed E-state index contributed by atoms with van der Waals surface area (Å²) in [7, 11) is 2.15. The molecule has 3 rings (SSSR count). The minimum atomic E-state index is -0.399. The summed E-state index contributed by atoms with van der Waals surface area (Å²) in [6.45, 7) is 12.6. The maximum Gasteiger partial charge on any atom is 0.319 e. The largest absolute Gasteiger partial charge is 0.490 e.